The highest BCUT2D eigenvalue weighted by Gasteiger charge is 2.18. The van der Waals surface area contributed by atoms with E-state index in [0.717, 1.165) is 39.1 Å². The molecule has 0 aliphatic rings. The standard InChI is InChI=1S/C26H25N5O/c1-26(2,16-27)17-32-22-10-6-9-19-11-13-21(28-24(19)22)25-30-29-23-14-12-20(15-31(23)25)18-7-4-3-5-8-18/h3-15H,16-17,27H2,1-2H3. The molecule has 0 spiro atoms. The Morgan fingerprint density at radius 2 is 1.72 bits per heavy atom. The van der Waals surface area contributed by atoms with Crippen molar-refractivity contribution < 1.29 is 4.74 Å². The minimum absolute atomic E-state index is 0.114. The Hall–Kier alpha value is -3.77. The van der Waals surface area contributed by atoms with Crippen molar-refractivity contribution in [3.63, 3.8) is 0 Å². The zero-order chi connectivity index (χ0) is 22.1. The van der Waals surface area contributed by atoms with Gasteiger partial charge in [-0.05, 0) is 35.4 Å². The average molecular weight is 424 g/mol. The maximum Gasteiger partial charge on any atom is 0.187 e. The Bertz CT molecular complexity index is 1390. The van der Waals surface area contributed by atoms with E-state index in [2.05, 4.69) is 48.4 Å². The Kier molecular flexibility index (Phi) is 5.07. The number of hydrogen-bond donors (Lipinski definition) is 1. The molecule has 6 heteroatoms. The fourth-order valence-electron chi connectivity index (χ4n) is 3.56. The summed E-state index contributed by atoms with van der Waals surface area (Å²) in [5, 5.41) is 9.78. The first-order valence-corrected chi connectivity index (χ1v) is 10.7. The number of benzene rings is 2. The molecule has 32 heavy (non-hydrogen) atoms. The van der Waals surface area contributed by atoms with Crippen LogP contribution in [0.4, 0.5) is 0 Å². The maximum atomic E-state index is 6.13. The average Bonchev–Trinajstić information content (AvgIpc) is 3.26. The van der Waals surface area contributed by atoms with Gasteiger partial charge in [-0.15, -0.1) is 10.2 Å². The second-order valence-corrected chi connectivity index (χ2v) is 8.72. The van der Waals surface area contributed by atoms with Gasteiger partial charge in [0, 0.05) is 23.5 Å². The molecule has 0 unspecified atom stereocenters. The van der Waals surface area contributed by atoms with E-state index < -0.39 is 0 Å². The lowest BCUT2D eigenvalue weighted by Crippen LogP contribution is -2.30. The van der Waals surface area contributed by atoms with E-state index in [-0.39, 0.29) is 5.41 Å². The van der Waals surface area contributed by atoms with Crippen molar-refractivity contribution in [2.75, 3.05) is 13.2 Å². The van der Waals surface area contributed by atoms with Gasteiger partial charge in [0.2, 0.25) is 0 Å². The van der Waals surface area contributed by atoms with E-state index in [1.54, 1.807) is 0 Å². The van der Waals surface area contributed by atoms with Gasteiger partial charge in [-0.25, -0.2) is 4.98 Å². The lowest BCUT2D eigenvalue weighted by molar-refractivity contribution is 0.189. The molecule has 0 saturated carbocycles. The number of ether oxygens (including phenoxy) is 1. The summed E-state index contributed by atoms with van der Waals surface area (Å²) >= 11 is 0. The minimum Gasteiger partial charge on any atom is -0.491 e. The van der Waals surface area contributed by atoms with Crippen LogP contribution in [0.2, 0.25) is 0 Å². The van der Waals surface area contributed by atoms with Crippen LogP contribution in [-0.2, 0) is 0 Å². The van der Waals surface area contributed by atoms with Crippen LogP contribution >= 0.6 is 0 Å². The van der Waals surface area contributed by atoms with Crippen LogP contribution in [0.15, 0.2) is 79.0 Å². The first-order chi connectivity index (χ1) is 15.5. The summed E-state index contributed by atoms with van der Waals surface area (Å²) in [6.45, 7) is 5.24. The number of pyridine rings is 2. The molecule has 6 nitrogen and oxygen atoms in total. The molecule has 0 bridgehead atoms. The largest absolute Gasteiger partial charge is 0.491 e. The topological polar surface area (TPSA) is 78.3 Å². The second kappa shape index (κ2) is 8.05. The fraction of sp³-hybridized carbons (Fsp3) is 0.192. The van der Waals surface area contributed by atoms with E-state index in [1.807, 2.05) is 59.0 Å². The summed E-state index contributed by atoms with van der Waals surface area (Å²) in [6, 6.07) is 24.3. The Morgan fingerprint density at radius 1 is 0.875 bits per heavy atom. The summed E-state index contributed by atoms with van der Waals surface area (Å²) in [5.41, 5.74) is 10.3. The molecule has 0 atom stereocenters. The summed E-state index contributed by atoms with van der Waals surface area (Å²) in [5.74, 6) is 1.43. The zero-order valence-corrected chi connectivity index (χ0v) is 18.2. The Morgan fingerprint density at radius 3 is 2.53 bits per heavy atom. The van der Waals surface area contributed by atoms with Gasteiger partial charge in [-0.1, -0.05) is 62.4 Å². The van der Waals surface area contributed by atoms with E-state index >= 15 is 0 Å². The normalized spacial score (nSPS) is 11.8. The first kappa shape index (κ1) is 20.2. The fourth-order valence-corrected chi connectivity index (χ4v) is 3.56. The third-order valence-corrected chi connectivity index (χ3v) is 5.59. The summed E-state index contributed by atoms with van der Waals surface area (Å²) in [7, 11) is 0. The highest BCUT2D eigenvalue weighted by atomic mass is 16.5. The van der Waals surface area contributed by atoms with Crippen molar-refractivity contribution in [2.45, 2.75) is 13.8 Å². The van der Waals surface area contributed by atoms with Crippen LogP contribution in [0.3, 0.4) is 0 Å². The smallest absolute Gasteiger partial charge is 0.187 e. The van der Waals surface area contributed by atoms with Crippen LogP contribution in [0.5, 0.6) is 5.75 Å². The summed E-state index contributed by atoms with van der Waals surface area (Å²) < 4.78 is 8.11. The maximum absolute atomic E-state index is 6.13. The van der Waals surface area contributed by atoms with Crippen molar-refractivity contribution in [3.8, 4) is 28.4 Å². The Labute approximate surface area is 186 Å². The molecule has 160 valence electrons. The highest BCUT2D eigenvalue weighted by molar-refractivity contribution is 5.86. The molecule has 0 aliphatic carbocycles. The van der Waals surface area contributed by atoms with E-state index in [9.17, 15) is 0 Å². The van der Waals surface area contributed by atoms with Gasteiger partial charge in [-0.2, -0.15) is 0 Å². The molecule has 3 aromatic heterocycles. The third-order valence-electron chi connectivity index (χ3n) is 5.59. The molecule has 5 aromatic rings. The van der Waals surface area contributed by atoms with E-state index in [0.29, 0.717) is 19.0 Å². The number of nitrogens with zero attached hydrogens (tertiary/aromatic N) is 4. The van der Waals surface area contributed by atoms with Gasteiger partial charge in [0.15, 0.2) is 11.5 Å². The summed E-state index contributed by atoms with van der Waals surface area (Å²) in [4.78, 5) is 4.92. The van der Waals surface area contributed by atoms with Crippen molar-refractivity contribution >= 4 is 16.6 Å². The van der Waals surface area contributed by atoms with Crippen LogP contribution in [0, 0.1) is 5.41 Å². The van der Waals surface area contributed by atoms with Crippen molar-refractivity contribution in [1.29, 1.82) is 0 Å². The molecule has 2 aromatic carbocycles. The van der Waals surface area contributed by atoms with Gasteiger partial charge in [0.25, 0.3) is 0 Å². The number of hydrogen-bond acceptors (Lipinski definition) is 5. The van der Waals surface area contributed by atoms with E-state index in [1.165, 1.54) is 0 Å². The number of para-hydroxylation sites is 1. The van der Waals surface area contributed by atoms with Crippen LogP contribution in [-0.4, -0.2) is 32.7 Å². The van der Waals surface area contributed by atoms with Crippen molar-refractivity contribution in [3.05, 3.63) is 79.0 Å². The monoisotopic (exact) mass is 423 g/mol. The van der Waals surface area contributed by atoms with Crippen LogP contribution in [0.1, 0.15) is 13.8 Å². The molecule has 2 N–H and O–H groups in total. The number of fused-ring (bicyclic) bond motifs is 2. The lowest BCUT2D eigenvalue weighted by atomic mass is 9.95. The molecule has 0 saturated heterocycles. The highest BCUT2D eigenvalue weighted by Crippen LogP contribution is 2.29. The molecule has 5 rings (SSSR count). The predicted molar refractivity (Wildman–Crippen MR) is 127 cm³/mol. The van der Waals surface area contributed by atoms with Crippen molar-refractivity contribution in [2.24, 2.45) is 11.1 Å². The van der Waals surface area contributed by atoms with Crippen LogP contribution in [0.25, 0.3) is 39.2 Å². The second-order valence-electron chi connectivity index (χ2n) is 8.72. The van der Waals surface area contributed by atoms with Gasteiger partial charge in [0.05, 0.1) is 6.61 Å². The number of nitrogens with two attached hydrogens (primary N) is 1. The molecule has 0 radical (unpaired) electrons. The molecule has 0 fully saturated rings. The van der Waals surface area contributed by atoms with Gasteiger partial charge < -0.3 is 10.5 Å². The Balaban J connectivity index is 1.58. The van der Waals surface area contributed by atoms with Gasteiger partial charge >= 0.3 is 0 Å². The lowest BCUT2D eigenvalue weighted by Gasteiger charge is -2.22. The minimum atomic E-state index is -0.114. The van der Waals surface area contributed by atoms with Gasteiger partial charge in [0.1, 0.15) is 17.0 Å². The molecule has 0 aliphatic heterocycles. The van der Waals surface area contributed by atoms with Gasteiger partial charge in [-0.3, -0.25) is 4.40 Å². The third kappa shape index (κ3) is 3.81. The molecule has 0 amide bonds. The SMILES string of the molecule is CC(C)(CN)COc1cccc2ccc(-c3nnc4ccc(-c5ccccc5)cn34)nc12. The first-order valence-electron chi connectivity index (χ1n) is 10.7. The van der Waals surface area contributed by atoms with Crippen molar-refractivity contribution in [1.82, 2.24) is 19.6 Å². The summed E-state index contributed by atoms with van der Waals surface area (Å²) in [6.07, 6.45) is 2.05. The molecule has 3 heterocycles. The number of rotatable bonds is 6. The number of aromatic nitrogens is 4. The predicted octanol–water partition coefficient (Wildman–Crippen LogP) is 4.98. The quantitative estimate of drug-likeness (QED) is 0.417. The van der Waals surface area contributed by atoms with E-state index in [4.69, 9.17) is 15.5 Å². The zero-order valence-electron chi connectivity index (χ0n) is 18.2. The van der Waals surface area contributed by atoms with Crippen LogP contribution < -0.4 is 10.5 Å². The molecular formula is C26H25N5O. The molecular weight excluding hydrogens is 398 g/mol.